The maximum Gasteiger partial charge on any atom is 0.238 e. The van der Waals surface area contributed by atoms with Crippen molar-refractivity contribution >= 4 is 15.7 Å². The third-order valence-electron chi connectivity index (χ3n) is 2.80. The van der Waals surface area contributed by atoms with Gasteiger partial charge >= 0.3 is 0 Å². The van der Waals surface area contributed by atoms with E-state index < -0.39 is 10.0 Å². The number of benzene rings is 1. The van der Waals surface area contributed by atoms with E-state index in [-0.39, 0.29) is 10.6 Å². The minimum Gasteiger partial charge on any atom is -0.454 e. The number of aryl methyl sites for hydroxylation is 1. The van der Waals surface area contributed by atoms with Crippen LogP contribution in [0.4, 0.5) is 5.69 Å². The molecule has 0 fully saturated rings. The fourth-order valence-electron chi connectivity index (χ4n) is 1.78. The summed E-state index contributed by atoms with van der Waals surface area (Å²) in [5.41, 5.74) is 6.36. The molecule has 0 aliphatic carbocycles. The Kier molecular flexibility index (Phi) is 3.69. The number of sulfonamides is 1. The molecule has 0 amide bonds. The van der Waals surface area contributed by atoms with Gasteiger partial charge in [-0.25, -0.2) is 13.6 Å². The summed E-state index contributed by atoms with van der Waals surface area (Å²) in [6, 6.07) is 2.86. The molecule has 0 saturated heterocycles. The third kappa shape index (κ3) is 2.91. The number of anilines is 1. The second kappa shape index (κ2) is 5.14. The van der Waals surface area contributed by atoms with Crippen LogP contribution in [-0.4, -0.2) is 18.2 Å². The highest BCUT2D eigenvalue weighted by molar-refractivity contribution is 7.89. The molecule has 0 aliphatic heterocycles. The van der Waals surface area contributed by atoms with Crippen LogP contribution in [0.25, 0.3) is 0 Å². The summed E-state index contributed by atoms with van der Waals surface area (Å²) in [5, 5.41) is 9.23. The van der Waals surface area contributed by atoms with Gasteiger partial charge in [-0.1, -0.05) is 0 Å². The van der Waals surface area contributed by atoms with Gasteiger partial charge in [-0.2, -0.15) is 5.10 Å². The zero-order valence-electron chi connectivity index (χ0n) is 11.2. The average molecular weight is 296 g/mol. The lowest BCUT2D eigenvalue weighted by Crippen LogP contribution is -2.14. The third-order valence-corrected chi connectivity index (χ3v) is 3.84. The average Bonchev–Trinajstić information content (AvgIpc) is 2.79. The fourth-order valence-corrected chi connectivity index (χ4v) is 2.61. The van der Waals surface area contributed by atoms with Crippen molar-refractivity contribution in [3.05, 3.63) is 30.1 Å². The maximum atomic E-state index is 11.5. The number of aromatic nitrogens is 2. The molecule has 7 nitrogen and oxygen atoms in total. The van der Waals surface area contributed by atoms with Gasteiger partial charge in [0.2, 0.25) is 10.0 Å². The van der Waals surface area contributed by atoms with Crippen molar-refractivity contribution in [1.29, 1.82) is 0 Å². The van der Waals surface area contributed by atoms with Gasteiger partial charge in [0.15, 0.2) is 5.75 Å². The van der Waals surface area contributed by atoms with E-state index in [1.807, 2.05) is 6.92 Å². The Morgan fingerprint density at radius 1 is 1.40 bits per heavy atom. The molecule has 2 aromatic rings. The van der Waals surface area contributed by atoms with Gasteiger partial charge in [0, 0.05) is 23.9 Å². The monoisotopic (exact) mass is 296 g/mol. The number of ether oxygens (including phenoxy) is 1. The van der Waals surface area contributed by atoms with Crippen molar-refractivity contribution in [3.63, 3.8) is 0 Å². The SMILES string of the molecule is CCn1cc(Oc2cc(N)cc(S(N)(=O)=O)c2C)cn1. The molecule has 0 bridgehead atoms. The zero-order chi connectivity index (χ0) is 14.9. The summed E-state index contributed by atoms with van der Waals surface area (Å²) in [6.07, 6.45) is 3.25. The number of rotatable bonds is 4. The largest absolute Gasteiger partial charge is 0.454 e. The molecule has 0 saturated carbocycles. The van der Waals surface area contributed by atoms with E-state index in [4.69, 9.17) is 15.6 Å². The Morgan fingerprint density at radius 2 is 2.10 bits per heavy atom. The fraction of sp³-hybridized carbons (Fsp3) is 0.250. The summed E-state index contributed by atoms with van der Waals surface area (Å²) in [4.78, 5) is -0.0459. The smallest absolute Gasteiger partial charge is 0.238 e. The predicted molar refractivity (Wildman–Crippen MR) is 74.9 cm³/mol. The lowest BCUT2D eigenvalue weighted by atomic mass is 10.2. The first-order valence-electron chi connectivity index (χ1n) is 5.94. The molecule has 4 N–H and O–H groups in total. The molecule has 0 unspecified atom stereocenters. The van der Waals surface area contributed by atoms with Gasteiger partial charge in [-0.05, 0) is 19.9 Å². The van der Waals surface area contributed by atoms with Gasteiger partial charge in [0.05, 0.1) is 17.3 Å². The van der Waals surface area contributed by atoms with Crippen molar-refractivity contribution in [2.75, 3.05) is 5.73 Å². The normalized spacial score (nSPS) is 11.6. The number of nitrogens with zero attached hydrogens (tertiary/aromatic N) is 2. The van der Waals surface area contributed by atoms with E-state index in [1.165, 1.54) is 6.07 Å². The lowest BCUT2D eigenvalue weighted by molar-refractivity contribution is 0.475. The van der Waals surface area contributed by atoms with E-state index in [0.29, 0.717) is 23.6 Å². The van der Waals surface area contributed by atoms with E-state index in [9.17, 15) is 8.42 Å². The van der Waals surface area contributed by atoms with E-state index in [0.717, 1.165) is 0 Å². The quantitative estimate of drug-likeness (QED) is 0.824. The van der Waals surface area contributed by atoms with Gasteiger partial charge in [0.1, 0.15) is 5.75 Å². The molecule has 8 heteroatoms. The number of hydrogen-bond donors (Lipinski definition) is 2. The molecule has 0 radical (unpaired) electrons. The van der Waals surface area contributed by atoms with Gasteiger partial charge in [0.25, 0.3) is 0 Å². The second-order valence-corrected chi connectivity index (χ2v) is 5.85. The van der Waals surface area contributed by atoms with Crippen molar-refractivity contribution in [2.24, 2.45) is 5.14 Å². The van der Waals surface area contributed by atoms with E-state index in [2.05, 4.69) is 5.10 Å². The second-order valence-electron chi connectivity index (χ2n) is 4.32. The number of nitrogen functional groups attached to an aromatic ring is 1. The van der Waals surface area contributed by atoms with Crippen molar-refractivity contribution in [1.82, 2.24) is 9.78 Å². The highest BCUT2D eigenvalue weighted by Crippen LogP contribution is 2.31. The predicted octanol–water partition coefficient (Wildman–Crippen LogP) is 1.23. The maximum absolute atomic E-state index is 11.5. The number of nitrogens with two attached hydrogens (primary N) is 2. The Labute approximate surface area is 117 Å². The van der Waals surface area contributed by atoms with Crippen LogP contribution in [0, 0.1) is 6.92 Å². The molecule has 2 rings (SSSR count). The van der Waals surface area contributed by atoms with Crippen LogP contribution < -0.4 is 15.6 Å². The summed E-state index contributed by atoms with van der Waals surface area (Å²) in [7, 11) is -3.85. The highest BCUT2D eigenvalue weighted by atomic mass is 32.2. The van der Waals surface area contributed by atoms with Crippen LogP contribution in [0.2, 0.25) is 0 Å². The van der Waals surface area contributed by atoms with Gasteiger partial charge in [-0.15, -0.1) is 0 Å². The Morgan fingerprint density at radius 3 is 2.65 bits per heavy atom. The van der Waals surface area contributed by atoms with Crippen LogP contribution in [-0.2, 0) is 16.6 Å². The van der Waals surface area contributed by atoms with Crippen LogP contribution in [0.15, 0.2) is 29.4 Å². The summed E-state index contributed by atoms with van der Waals surface area (Å²) in [5.74, 6) is 0.839. The Balaban J connectivity index is 2.44. The summed E-state index contributed by atoms with van der Waals surface area (Å²) < 4.78 is 30.3. The molecule has 1 aromatic heterocycles. The zero-order valence-corrected chi connectivity index (χ0v) is 12.0. The van der Waals surface area contributed by atoms with Crippen molar-refractivity contribution < 1.29 is 13.2 Å². The lowest BCUT2D eigenvalue weighted by Gasteiger charge is -2.11. The molecule has 0 atom stereocenters. The first-order valence-corrected chi connectivity index (χ1v) is 7.49. The Hall–Kier alpha value is -2.06. The number of primary sulfonamides is 1. The van der Waals surface area contributed by atoms with E-state index in [1.54, 1.807) is 30.1 Å². The molecule has 20 heavy (non-hydrogen) atoms. The van der Waals surface area contributed by atoms with Crippen LogP contribution in [0.1, 0.15) is 12.5 Å². The van der Waals surface area contributed by atoms with Gasteiger partial charge < -0.3 is 10.5 Å². The van der Waals surface area contributed by atoms with Crippen LogP contribution >= 0.6 is 0 Å². The van der Waals surface area contributed by atoms with Gasteiger partial charge in [-0.3, -0.25) is 4.68 Å². The van der Waals surface area contributed by atoms with E-state index >= 15 is 0 Å². The molecular formula is C12H16N4O3S. The molecular weight excluding hydrogens is 280 g/mol. The Bertz CT molecular complexity index is 737. The minimum atomic E-state index is -3.85. The van der Waals surface area contributed by atoms with Crippen molar-refractivity contribution in [2.45, 2.75) is 25.3 Å². The number of hydrogen-bond acceptors (Lipinski definition) is 5. The topological polar surface area (TPSA) is 113 Å². The molecule has 0 aliphatic rings. The molecule has 108 valence electrons. The standard InChI is InChI=1S/C12H16N4O3S/c1-3-16-7-10(6-15-16)19-11-4-9(13)5-12(8(11)2)20(14,17)18/h4-7H,3,13H2,1-2H3,(H2,14,17,18). The van der Waals surface area contributed by atoms with Crippen LogP contribution in [0.5, 0.6) is 11.5 Å². The molecule has 1 heterocycles. The summed E-state index contributed by atoms with van der Waals surface area (Å²) >= 11 is 0. The first-order chi connectivity index (χ1) is 9.31. The van der Waals surface area contributed by atoms with Crippen LogP contribution in [0.3, 0.4) is 0 Å². The highest BCUT2D eigenvalue weighted by Gasteiger charge is 2.17. The van der Waals surface area contributed by atoms with Crippen molar-refractivity contribution in [3.8, 4) is 11.5 Å². The summed E-state index contributed by atoms with van der Waals surface area (Å²) in [6.45, 7) is 4.27. The molecule has 0 spiro atoms. The first kappa shape index (κ1) is 14.4. The molecule has 1 aromatic carbocycles. The minimum absolute atomic E-state index is 0.0459.